The van der Waals surface area contributed by atoms with Crippen LogP contribution in [0.3, 0.4) is 0 Å². The van der Waals surface area contributed by atoms with Gasteiger partial charge in [0.05, 0.1) is 22.8 Å². The number of oxazole rings is 1. The first-order valence-electron chi connectivity index (χ1n) is 22.0. The van der Waals surface area contributed by atoms with Crippen molar-refractivity contribution >= 4 is 51.7 Å². The minimum Gasteiger partial charge on any atom is -0.444 e. The monoisotopic (exact) mass is 860 g/mol. The van der Waals surface area contributed by atoms with E-state index in [0.717, 1.165) is 61.1 Å². The van der Waals surface area contributed by atoms with Crippen molar-refractivity contribution in [2.45, 2.75) is 89.6 Å². The average molecular weight is 861 g/mol. The van der Waals surface area contributed by atoms with Gasteiger partial charge >= 0.3 is 5.69 Å². The lowest BCUT2D eigenvalue weighted by Gasteiger charge is -2.30. The zero-order chi connectivity index (χ0) is 44.2. The molecule has 2 saturated carbocycles. The van der Waals surface area contributed by atoms with Crippen molar-refractivity contribution in [1.29, 1.82) is 0 Å². The maximum absolute atomic E-state index is 13.4. The van der Waals surface area contributed by atoms with Crippen LogP contribution in [0.2, 0.25) is 0 Å². The number of piperidine rings is 1. The SMILES string of the molecule is C=C(C)c1nn([C@H]2CC[C@H](C(=O)N(C)CCCOCCCc3cccc4c3n(C)c(=O)n4C3CCC(=O)NC3=O)CC2)cc1NC(=O)c1coc(-c2ccnc(NCC3CC3)c2)n1. The van der Waals surface area contributed by atoms with E-state index in [2.05, 4.69) is 32.5 Å². The van der Waals surface area contributed by atoms with E-state index in [4.69, 9.17) is 14.3 Å². The molecule has 3 fully saturated rings. The summed E-state index contributed by atoms with van der Waals surface area (Å²) in [5.41, 5.74) is 4.88. The zero-order valence-electron chi connectivity index (χ0n) is 36.2. The highest BCUT2D eigenvalue weighted by atomic mass is 16.5. The average Bonchev–Trinajstić information content (AvgIpc) is 3.68. The summed E-state index contributed by atoms with van der Waals surface area (Å²) in [7, 11) is 3.56. The van der Waals surface area contributed by atoms with Gasteiger partial charge in [-0.3, -0.25) is 38.3 Å². The van der Waals surface area contributed by atoms with Gasteiger partial charge in [-0.05, 0) is 106 Å². The second kappa shape index (κ2) is 18.9. The molecule has 4 aromatic heterocycles. The Morgan fingerprint density at radius 3 is 2.60 bits per heavy atom. The number of amides is 4. The van der Waals surface area contributed by atoms with Crippen molar-refractivity contribution in [1.82, 2.24) is 39.1 Å². The lowest BCUT2D eigenvalue weighted by molar-refractivity contribution is -0.136. The molecule has 1 aliphatic heterocycles. The Kier molecular flexibility index (Phi) is 13.0. The molecule has 1 atom stereocenters. The topological polar surface area (TPSA) is 201 Å². The van der Waals surface area contributed by atoms with Crippen molar-refractivity contribution < 1.29 is 28.3 Å². The fourth-order valence-electron chi connectivity index (χ4n) is 8.74. The van der Waals surface area contributed by atoms with Gasteiger partial charge in [-0.15, -0.1) is 0 Å². The van der Waals surface area contributed by atoms with E-state index in [1.54, 1.807) is 28.8 Å². The standard InChI is InChI=1S/C46H56N10O7/c1-28(2)40-34(49-42(58)35-27-63-44(50-35)32-19-20-47-38(24-32)48-25-29-11-12-29)26-55(52-40)33-15-13-31(14-16-33)45(60)53(3)21-7-23-62-22-6-9-30-8-5-10-36-41(30)54(4)46(61)56(36)37-17-18-39(57)51-43(37)59/h5,8,10,19-20,24,26-27,29,31,33,37H,1,6-7,9,11-18,21-23,25H2,2-4H3,(H,47,48)(H,49,58)(H,51,57,59)/t31-,33-,37?. The van der Waals surface area contributed by atoms with Crippen LogP contribution in [0.15, 0.2) is 64.8 Å². The van der Waals surface area contributed by atoms with Crippen LogP contribution in [0.5, 0.6) is 0 Å². The molecule has 1 aromatic carbocycles. The maximum atomic E-state index is 13.4. The summed E-state index contributed by atoms with van der Waals surface area (Å²) in [5.74, 6) is 0.650. The van der Waals surface area contributed by atoms with Gasteiger partial charge in [0.2, 0.25) is 23.6 Å². The smallest absolute Gasteiger partial charge is 0.329 e. The van der Waals surface area contributed by atoms with E-state index in [9.17, 15) is 24.0 Å². The number of aromatic nitrogens is 6. The number of rotatable bonds is 18. The third kappa shape index (κ3) is 9.83. The number of imide groups is 1. The van der Waals surface area contributed by atoms with Gasteiger partial charge < -0.3 is 24.7 Å². The first-order valence-corrected chi connectivity index (χ1v) is 22.0. The largest absolute Gasteiger partial charge is 0.444 e. The summed E-state index contributed by atoms with van der Waals surface area (Å²) in [6.45, 7) is 8.46. The molecule has 0 bridgehead atoms. The van der Waals surface area contributed by atoms with Gasteiger partial charge in [0, 0.05) is 70.7 Å². The summed E-state index contributed by atoms with van der Waals surface area (Å²) < 4.78 is 16.6. The number of allylic oxidation sites excluding steroid dienone is 1. The van der Waals surface area contributed by atoms with Crippen LogP contribution in [0.4, 0.5) is 11.5 Å². The lowest BCUT2D eigenvalue weighted by atomic mass is 9.85. The van der Waals surface area contributed by atoms with Crippen LogP contribution in [0, 0.1) is 11.8 Å². The van der Waals surface area contributed by atoms with E-state index in [0.29, 0.717) is 73.3 Å². The number of para-hydroxylation sites is 1. The lowest BCUT2D eigenvalue weighted by Crippen LogP contribution is -2.44. The predicted molar refractivity (Wildman–Crippen MR) is 237 cm³/mol. The normalized spacial score (nSPS) is 18.9. The molecule has 1 unspecified atom stereocenters. The number of fused-ring (bicyclic) bond motifs is 1. The van der Waals surface area contributed by atoms with Crippen LogP contribution in [-0.4, -0.2) is 90.8 Å². The van der Waals surface area contributed by atoms with Gasteiger partial charge in [-0.2, -0.15) is 5.10 Å². The number of nitrogens with one attached hydrogen (secondary N) is 3. The van der Waals surface area contributed by atoms with Gasteiger partial charge in [0.25, 0.3) is 5.91 Å². The highest BCUT2D eigenvalue weighted by Gasteiger charge is 2.33. The van der Waals surface area contributed by atoms with Crippen molar-refractivity contribution in [2.24, 2.45) is 18.9 Å². The predicted octanol–water partition coefficient (Wildman–Crippen LogP) is 5.90. The molecule has 4 amide bonds. The molecule has 0 radical (unpaired) electrons. The fraction of sp³-hybridized carbons (Fsp3) is 0.478. The van der Waals surface area contributed by atoms with Crippen LogP contribution in [0.25, 0.3) is 28.1 Å². The molecule has 63 heavy (non-hydrogen) atoms. The molecule has 5 aromatic rings. The first-order chi connectivity index (χ1) is 30.4. The minimum absolute atomic E-state index is 0.0714. The number of anilines is 2. The van der Waals surface area contributed by atoms with Gasteiger partial charge in [-0.1, -0.05) is 18.7 Å². The quantitative estimate of drug-likeness (QED) is 0.0700. The highest BCUT2D eigenvalue weighted by molar-refractivity contribution is 6.04. The third-order valence-electron chi connectivity index (χ3n) is 12.4. The van der Waals surface area contributed by atoms with E-state index in [1.165, 1.54) is 23.7 Å². The van der Waals surface area contributed by atoms with E-state index in [-0.39, 0.29) is 41.6 Å². The number of hydrogen-bond acceptors (Lipinski definition) is 11. The molecule has 2 aliphatic carbocycles. The second-order valence-electron chi connectivity index (χ2n) is 17.2. The number of carbonyl (C=O) groups is 4. The van der Waals surface area contributed by atoms with E-state index in [1.807, 2.05) is 49.1 Å². The molecule has 0 spiro atoms. The Morgan fingerprint density at radius 2 is 1.84 bits per heavy atom. The fourth-order valence-corrected chi connectivity index (χ4v) is 8.74. The Morgan fingerprint density at radius 1 is 1.05 bits per heavy atom. The van der Waals surface area contributed by atoms with Crippen molar-refractivity contribution in [3.8, 4) is 11.5 Å². The zero-order valence-corrected chi connectivity index (χ0v) is 36.2. The highest BCUT2D eigenvalue weighted by Crippen LogP contribution is 2.35. The summed E-state index contributed by atoms with van der Waals surface area (Å²) in [6.07, 6.45) is 13.0. The number of benzene rings is 1. The molecule has 17 nitrogen and oxygen atoms in total. The Labute approximate surface area is 365 Å². The molecule has 3 aliphatic rings. The summed E-state index contributed by atoms with van der Waals surface area (Å²) >= 11 is 0. The Bertz CT molecular complexity index is 2570. The summed E-state index contributed by atoms with van der Waals surface area (Å²) in [6, 6.07) is 8.73. The van der Waals surface area contributed by atoms with E-state index < -0.39 is 17.9 Å². The van der Waals surface area contributed by atoms with Crippen LogP contribution < -0.4 is 21.6 Å². The molecule has 3 N–H and O–H groups in total. The minimum atomic E-state index is -0.722. The first kappa shape index (κ1) is 43.3. The Hall–Kier alpha value is -6.36. The number of pyridine rings is 1. The van der Waals surface area contributed by atoms with Crippen molar-refractivity contribution in [3.05, 3.63) is 83.0 Å². The maximum Gasteiger partial charge on any atom is 0.329 e. The molecular formula is C46H56N10O7. The van der Waals surface area contributed by atoms with Gasteiger partial charge in [0.1, 0.15) is 23.8 Å². The van der Waals surface area contributed by atoms with E-state index >= 15 is 0 Å². The van der Waals surface area contributed by atoms with Crippen LogP contribution in [0.1, 0.15) is 105 Å². The number of ether oxygens (including phenoxy) is 1. The summed E-state index contributed by atoms with van der Waals surface area (Å²) in [5, 5.41) is 13.5. The van der Waals surface area contributed by atoms with Gasteiger partial charge in [-0.25, -0.2) is 14.8 Å². The molecule has 1 saturated heterocycles. The molecule has 17 heteroatoms. The molecule has 332 valence electrons. The number of hydrogen-bond donors (Lipinski definition) is 3. The number of carbonyl (C=O) groups excluding carboxylic acids is 4. The van der Waals surface area contributed by atoms with Gasteiger partial charge in [0.15, 0.2) is 5.69 Å². The third-order valence-corrected chi connectivity index (χ3v) is 12.4. The number of imidazole rings is 1. The number of nitrogens with zero attached hydrogens (tertiary/aromatic N) is 7. The summed E-state index contributed by atoms with van der Waals surface area (Å²) in [4.78, 5) is 75.0. The Balaban J connectivity index is 0.768. The van der Waals surface area contributed by atoms with Crippen LogP contribution in [-0.2, 0) is 32.6 Å². The van der Waals surface area contributed by atoms with Crippen LogP contribution >= 0.6 is 0 Å². The van der Waals surface area contributed by atoms with Crippen molar-refractivity contribution in [3.63, 3.8) is 0 Å². The molecule has 5 heterocycles. The molecular weight excluding hydrogens is 805 g/mol. The molecule has 8 rings (SSSR count). The van der Waals surface area contributed by atoms with Crippen molar-refractivity contribution in [2.75, 3.05) is 44.0 Å². The second-order valence-corrected chi connectivity index (χ2v) is 17.2. The number of aryl methyl sites for hydroxylation is 2.